The van der Waals surface area contributed by atoms with E-state index < -0.39 is 11.6 Å². The fraction of sp³-hybridized carbons (Fsp3) is 0.267. The normalized spacial score (nSPS) is 12.2. The number of halogens is 2. The SMILES string of the molecule is COc1cc(CNC(C)c2cc(F)ccc2F)ccn1. The molecule has 0 aliphatic heterocycles. The van der Waals surface area contributed by atoms with Crippen LogP contribution in [0, 0.1) is 11.6 Å². The van der Waals surface area contributed by atoms with E-state index in [2.05, 4.69) is 10.3 Å². The molecule has 0 fully saturated rings. The van der Waals surface area contributed by atoms with Crippen LogP contribution in [0.4, 0.5) is 8.78 Å². The van der Waals surface area contributed by atoms with Gasteiger partial charge in [0, 0.05) is 30.4 Å². The Balaban J connectivity index is 2.04. The van der Waals surface area contributed by atoms with Crippen molar-refractivity contribution in [2.75, 3.05) is 7.11 Å². The molecular weight excluding hydrogens is 262 g/mol. The molecule has 5 heteroatoms. The third-order valence-corrected chi connectivity index (χ3v) is 3.05. The minimum absolute atomic E-state index is 0.301. The van der Waals surface area contributed by atoms with Crippen LogP contribution in [0.5, 0.6) is 5.88 Å². The molecular formula is C15H16F2N2O. The zero-order valence-corrected chi connectivity index (χ0v) is 11.4. The van der Waals surface area contributed by atoms with Crippen LogP contribution < -0.4 is 10.1 Å². The molecule has 0 bridgehead atoms. The predicted molar refractivity (Wildman–Crippen MR) is 72.4 cm³/mol. The van der Waals surface area contributed by atoms with Crippen molar-refractivity contribution >= 4 is 0 Å². The van der Waals surface area contributed by atoms with Crippen molar-refractivity contribution in [1.29, 1.82) is 0 Å². The smallest absolute Gasteiger partial charge is 0.213 e. The Labute approximate surface area is 116 Å². The van der Waals surface area contributed by atoms with Crippen LogP contribution in [0.2, 0.25) is 0 Å². The number of hydrogen-bond acceptors (Lipinski definition) is 3. The Kier molecular flexibility index (Phi) is 4.63. The van der Waals surface area contributed by atoms with E-state index in [1.54, 1.807) is 26.3 Å². The molecule has 106 valence electrons. The standard InChI is InChI=1S/C15H16F2N2O/c1-10(13-8-12(16)3-4-14(13)17)19-9-11-5-6-18-15(7-11)20-2/h3-8,10,19H,9H2,1-2H3. The first-order valence-corrected chi connectivity index (χ1v) is 6.27. The molecule has 2 aromatic rings. The Bertz CT molecular complexity index is 590. The summed E-state index contributed by atoms with van der Waals surface area (Å²) in [6.45, 7) is 2.30. The number of ether oxygens (including phenoxy) is 1. The molecule has 0 radical (unpaired) electrons. The van der Waals surface area contributed by atoms with Gasteiger partial charge in [0.05, 0.1) is 7.11 Å². The van der Waals surface area contributed by atoms with Crippen LogP contribution in [0.25, 0.3) is 0 Å². The highest BCUT2D eigenvalue weighted by Gasteiger charge is 2.11. The quantitative estimate of drug-likeness (QED) is 0.912. The highest BCUT2D eigenvalue weighted by Crippen LogP contribution is 2.18. The Morgan fingerprint density at radius 3 is 2.80 bits per heavy atom. The molecule has 0 aliphatic rings. The van der Waals surface area contributed by atoms with Crippen LogP contribution in [-0.4, -0.2) is 12.1 Å². The molecule has 1 N–H and O–H groups in total. The van der Waals surface area contributed by atoms with Crippen molar-refractivity contribution in [2.45, 2.75) is 19.5 Å². The number of methoxy groups -OCH3 is 1. The molecule has 2 rings (SSSR count). The molecule has 20 heavy (non-hydrogen) atoms. The number of nitrogens with one attached hydrogen (secondary N) is 1. The number of benzene rings is 1. The van der Waals surface area contributed by atoms with E-state index in [0.717, 1.165) is 17.7 Å². The summed E-state index contributed by atoms with van der Waals surface area (Å²) in [6, 6.07) is 6.79. The van der Waals surface area contributed by atoms with E-state index in [9.17, 15) is 8.78 Å². The Morgan fingerprint density at radius 1 is 1.25 bits per heavy atom. The maximum absolute atomic E-state index is 13.6. The van der Waals surface area contributed by atoms with E-state index in [4.69, 9.17) is 4.74 Å². The van der Waals surface area contributed by atoms with Crippen molar-refractivity contribution in [3.05, 3.63) is 59.3 Å². The first-order valence-electron chi connectivity index (χ1n) is 6.27. The van der Waals surface area contributed by atoms with Crippen LogP contribution >= 0.6 is 0 Å². The van der Waals surface area contributed by atoms with Gasteiger partial charge in [0.25, 0.3) is 0 Å². The van der Waals surface area contributed by atoms with Crippen molar-refractivity contribution in [3.63, 3.8) is 0 Å². The van der Waals surface area contributed by atoms with Crippen molar-refractivity contribution in [2.24, 2.45) is 0 Å². The summed E-state index contributed by atoms with van der Waals surface area (Å²) in [7, 11) is 1.55. The lowest BCUT2D eigenvalue weighted by Gasteiger charge is -2.15. The Morgan fingerprint density at radius 2 is 2.05 bits per heavy atom. The third kappa shape index (κ3) is 3.51. The molecule has 0 aliphatic carbocycles. The van der Waals surface area contributed by atoms with Crippen LogP contribution in [0.3, 0.4) is 0 Å². The highest BCUT2D eigenvalue weighted by molar-refractivity contribution is 5.23. The lowest BCUT2D eigenvalue weighted by atomic mass is 10.1. The molecule has 0 saturated heterocycles. The summed E-state index contributed by atoms with van der Waals surface area (Å²) in [6.07, 6.45) is 1.64. The first-order chi connectivity index (χ1) is 9.60. The van der Waals surface area contributed by atoms with Gasteiger partial charge >= 0.3 is 0 Å². The van der Waals surface area contributed by atoms with Gasteiger partial charge in [-0.2, -0.15) is 0 Å². The third-order valence-electron chi connectivity index (χ3n) is 3.05. The molecule has 0 saturated carbocycles. The van der Waals surface area contributed by atoms with Gasteiger partial charge in [0.2, 0.25) is 5.88 Å². The molecule has 3 nitrogen and oxygen atoms in total. The number of hydrogen-bond donors (Lipinski definition) is 1. The summed E-state index contributed by atoms with van der Waals surface area (Å²) < 4.78 is 31.8. The van der Waals surface area contributed by atoms with Crippen LogP contribution in [0.15, 0.2) is 36.5 Å². The maximum atomic E-state index is 13.6. The van der Waals surface area contributed by atoms with Gasteiger partial charge in [-0.3, -0.25) is 0 Å². The number of rotatable bonds is 5. The molecule has 1 aromatic heterocycles. The predicted octanol–water partition coefficient (Wildman–Crippen LogP) is 3.22. The molecule has 0 amide bonds. The summed E-state index contributed by atoms with van der Waals surface area (Å²) in [4.78, 5) is 4.01. The second-order valence-corrected chi connectivity index (χ2v) is 4.47. The zero-order valence-electron chi connectivity index (χ0n) is 11.4. The van der Waals surface area contributed by atoms with Gasteiger partial charge in [0.15, 0.2) is 0 Å². The minimum atomic E-state index is -0.444. The van der Waals surface area contributed by atoms with Crippen molar-refractivity contribution in [1.82, 2.24) is 10.3 Å². The second-order valence-electron chi connectivity index (χ2n) is 4.47. The summed E-state index contributed by atoms with van der Waals surface area (Å²) in [5, 5.41) is 3.14. The Hall–Kier alpha value is -2.01. The first kappa shape index (κ1) is 14.4. The van der Waals surface area contributed by atoms with Gasteiger partial charge in [-0.15, -0.1) is 0 Å². The van der Waals surface area contributed by atoms with Crippen molar-refractivity contribution in [3.8, 4) is 5.88 Å². The zero-order chi connectivity index (χ0) is 14.5. The van der Waals surface area contributed by atoms with E-state index in [1.165, 1.54) is 6.07 Å². The molecule has 1 heterocycles. The number of aromatic nitrogens is 1. The highest BCUT2D eigenvalue weighted by atomic mass is 19.1. The lowest BCUT2D eigenvalue weighted by Crippen LogP contribution is -2.19. The largest absolute Gasteiger partial charge is 0.481 e. The second kappa shape index (κ2) is 6.43. The molecule has 1 aromatic carbocycles. The van der Waals surface area contributed by atoms with Crippen LogP contribution in [-0.2, 0) is 6.54 Å². The van der Waals surface area contributed by atoms with Gasteiger partial charge in [-0.05, 0) is 36.8 Å². The van der Waals surface area contributed by atoms with Crippen molar-refractivity contribution < 1.29 is 13.5 Å². The monoisotopic (exact) mass is 278 g/mol. The topological polar surface area (TPSA) is 34.1 Å². The summed E-state index contributed by atoms with van der Waals surface area (Å²) in [5.74, 6) is -0.340. The molecule has 1 atom stereocenters. The average molecular weight is 278 g/mol. The van der Waals surface area contributed by atoms with E-state index >= 15 is 0 Å². The summed E-state index contributed by atoms with van der Waals surface area (Å²) >= 11 is 0. The van der Waals surface area contributed by atoms with Gasteiger partial charge in [0.1, 0.15) is 11.6 Å². The number of nitrogens with zero attached hydrogens (tertiary/aromatic N) is 1. The fourth-order valence-electron chi connectivity index (χ4n) is 1.90. The molecule has 1 unspecified atom stereocenters. The van der Waals surface area contributed by atoms with Gasteiger partial charge in [-0.25, -0.2) is 13.8 Å². The van der Waals surface area contributed by atoms with E-state index in [0.29, 0.717) is 18.0 Å². The van der Waals surface area contributed by atoms with E-state index in [-0.39, 0.29) is 6.04 Å². The fourth-order valence-corrected chi connectivity index (χ4v) is 1.90. The van der Waals surface area contributed by atoms with E-state index in [1.807, 2.05) is 6.07 Å². The summed E-state index contributed by atoms with van der Waals surface area (Å²) in [5.41, 5.74) is 1.27. The van der Waals surface area contributed by atoms with Crippen LogP contribution in [0.1, 0.15) is 24.1 Å². The van der Waals surface area contributed by atoms with Gasteiger partial charge in [-0.1, -0.05) is 0 Å². The average Bonchev–Trinajstić information content (AvgIpc) is 2.47. The minimum Gasteiger partial charge on any atom is -0.481 e. The molecule has 0 spiro atoms. The maximum Gasteiger partial charge on any atom is 0.213 e. The number of pyridine rings is 1. The lowest BCUT2D eigenvalue weighted by molar-refractivity contribution is 0.397. The van der Waals surface area contributed by atoms with Gasteiger partial charge < -0.3 is 10.1 Å².